The molecule has 31 heavy (non-hydrogen) atoms. The first-order chi connectivity index (χ1) is 14.5. The summed E-state index contributed by atoms with van der Waals surface area (Å²) in [5.74, 6) is -0.439. The lowest BCUT2D eigenvalue weighted by atomic mass is 10.0. The van der Waals surface area contributed by atoms with Crippen LogP contribution in [0.3, 0.4) is 0 Å². The van der Waals surface area contributed by atoms with Crippen molar-refractivity contribution in [2.45, 2.75) is 59.4 Å². The molecule has 7 nitrogen and oxygen atoms in total. The number of benzene rings is 1. The maximum atomic E-state index is 13.2. The molecule has 0 bridgehead atoms. The average molecular weight is 422 g/mol. The Hall–Kier alpha value is -3.22. The quantitative estimate of drug-likeness (QED) is 0.633. The fourth-order valence-corrected chi connectivity index (χ4v) is 3.55. The van der Waals surface area contributed by atoms with Crippen molar-refractivity contribution in [2.24, 2.45) is 5.73 Å². The summed E-state index contributed by atoms with van der Waals surface area (Å²) in [4.78, 5) is 29.4. The second-order valence-corrected chi connectivity index (χ2v) is 9.19. The van der Waals surface area contributed by atoms with Gasteiger partial charge in [0.2, 0.25) is 5.91 Å². The molecule has 0 saturated carbocycles. The van der Waals surface area contributed by atoms with E-state index in [4.69, 9.17) is 10.7 Å². The highest BCUT2D eigenvalue weighted by atomic mass is 16.2. The topological polar surface area (TPSA) is 103 Å². The number of primary amides is 1. The van der Waals surface area contributed by atoms with Gasteiger partial charge in [-0.25, -0.2) is 9.67 Å². The summed E-state index contributed by atoms with van der Waals surface area (Å²) in [5, 5.41) is 8.48. The number of amides is 2. The molecule has 164 valence electrons. The summed E-state index contributed by atoms with van der Waals surface area (Å²) in [5.41, 5.74) is 9.47. The van der Waals surface area contributed by atoms with Crippen molar-refractivity contribution in [3.63, 3.8) is 0 Å². The van der Waals surface area contributed by atoms with Crippen molar-refractivity contribution in [1.29, 1.82) is 0 Å². The van der Waals surface area contributed by atoms with E-state index < -0.39 is 5.91 Å². The van der Waals surface area contributed by atoms with Gasteiger partial charge >= 0.3 is 0 Å². The van der Waals surface area contributed by atoms with E-state index in [1.54, 1.807) is 18.2 Å². The maximum absolute atomic E-state index is 13.2. The molecule has 0 unspecified atom stereocenters. The molecule has 0 saturated heterocycles. The second kappa shape index (κ2) is 8.49. The standard InChI is InChI=1S/C24H31N5O2/c1-14(2)19-13-18(20-15(3)28-29(22(20)27-19)24(4,5)6)23(31)26-11-10-16-8-7-9-17(12-16)21(25)30/h7-9,12-14H,10-11H2,1-6H3,(H2,25,30)(H,26,31). The third-order valence-corrected chi connectivity index (χ3v) is 5.21. The molecule has 2 amide bonds. The van der Waals surface area contributed by atoms with Crippen LogP contribution in [0.5, 0.6) is 0 Å². The number of hydrogen-bond acceptors (Lipinski definition) is 4. The highest BCUT2D eigenvalue weighted by Gasteiger charge is 2.25. The maximum Gasteiger partial charge on any atom is 0.252 e. The van der Waals surface area contributed by atoms with Crippen LogP contribution in [-0.4, -0.2) is 33.1 Å². The monoisotopic (exact) mass is 421 g/mol. The van der Waals surface area contributed by atoms with Gasteiger partial charge in [0.25, 0.3) is 5.91 Å². The van der Waals surface area contributed by atoms with Gasteiger partial charge in [-0.15, -0.1) is 0 Å². The van der Waals surface area contributed by atoms with Gasteiger partial charge in [0.1, 0.15) is 0 Å². The van der Waals surface area contributed by atoms with Crippen LogP contribution in [0.4, 0.5) is 0 Å². The zero-order chi connectivity index (χ0) is 22.9. The van der Waals surface area contributed by atoms with E-state index >= 15 is 0 Å². The number of hydrogen-bond donors (Lipinski definition) is 2. The van der Waals surface area contributed by atoms with Crippen LogP contribution in [0.2, 0.25) is 0 Å². The summed E-state index contributed by atoms with van der Waals surface area (Å²) < 4.78 is 1.90. The number of carbonyl (C=O) groups is 2. The van der Waals surface area contributed by atoms with Crippen molar-refractivity contribution in [3.05, 3.63) is 58.4 Å². The van der Waals surface area contributed by atoms with Crippen LogP contribution in [0.1, 0.15) is 78.2 Å². The van der Waals surface area contributed by atoms with Crippen LogP contribution in [0, 0.1) is 6.92 Å². The fraction of sp³-hybridized carbons (Fsp3) is 0.417. The number of nitrogens with one attached hydrogen (secondary N) is 1. The predicted molar refractivity (Wildman–Crippen MR) is 122 cm³/mol. The van der Waals surface area contributed by atoms with Gasteiger partial charge in [0.15, 0.2) is 5.65 Å². The van der Waals surface area contributed by atoms with Crippen LogP contribution in [-0.2, 0) is 12.0 Å². The van der Waals surface area contributed by atoms with E-state index in [-0.39, 0.29) is 17.4 Å². The van der Waals surface area contributed by atoms with Gasteiger partial charge in [0.05, 0.1) is 22.2 Å². The number of nitrogens with zero attached hydrogens (tertiary/aromatic N) is 3. The summed E-state index contributed by atoms with van der Waals surface area (Å²) in [6.07, 6.45) is 0.596. The second-order valence-electron chi connectivity index (χ2n) is 9.19. The Kier molecular flexibility index (Phi) is 6.15. The Balaban J connectivity index is 1.90. The molecule has 0 fully saturated rings. The third kappa shape index (κ3) is 4.76. The predicted octanol–water partition coefficient (Wildman–Crippen LogP) is 3.69. The summed E-state index contributed by atoms with van der Waals surface area (Å²) in [6, 6.07) is 9.02. The van der Waals surface area contributed by atoms with E-state index in [0.29, 0.717) is 24.1 Å². The van der Waals surface area contributed by atoms with Crippen molar-refractivity contribution in [2.75, 3.05) is 6.54 Å². The molecule has 3 aromatic rings. The highest BCUT2D eigenvalue weighted by Crippen LogP contribution is 2.28. The molecule has 2 aromatic heterocycles. The van der Waals surface area contributed by atoms with Crippen molar-refractivity contribution in [1.82, 2.24) is 20.1 Å². The number of pyridine rings is 1. The molecule has 7 heteroatoms. The zero-order valence-electron chi connectivity index (χ0n) is 19.1. The van der Waals surface area contributed by atoms with E-state index in [0.717, 1.165) is 28.0 Å². The summed E-state index contributed by atoms with van der Waals surface area (Å²) >= 11 is 0. The SMILES string of the molecule is Cc1nn(C(C)(C)C)c2nc(C(C)C)cc(C(=O)NCCc3cccc(C(N)=O)c3)c12. The molecule has 0 spiro atoms. The Labute approximate surface area is 183 Å². The number of fused-ring (bicyclic) bond motifs is 1. The van der Waals surface area contributed by atoms with Gasteiger partial charge in [-0.05, 0) is 63.8 Å². The lowest BCUT2D eigenvalue weighted by Gasteiger charge is -2.20. The van der Waals surface area contributed by atoms with E-state index in [9.17, 15) is 9.59 Å². The van der Waals surface area contributed by atoms with Crippen LogP contribution in [0.25, 0.3) is 11.0 Å². The van der Waals surface area contributed by atoms with E-state index in [2.05, 4.69) is 45.0 Å². The molecule has 0 atom stereocenters. The first-order valence-corrected chi connectivity index (χ1v) is 10.6. The molecule has 1 aromatic carbocycles. The smallest absolute Gasteiger partial charge is 0.252 e. The molecular formula is C24H31N5O2. The summed E-state index contributed by atoms with van der Waals surface area (Å²) in [7, 11) is 0. The first-order valence-electron chi connectivity index (χ1n) is 10.6. The number of aromatic nitrogens is 3. The lowest BCUT2D eigenvalue weighted by Crippen LogP contribution is -2.27. The molecule has 0 aliphatic carbocycles. The number of nitrogens with two attached hydrogens (primary N) is 1. The minimum absolute atomic E-state index is 0.156. The summed E-state index contributed by atoms with van der Waals surface area (Å²) in [6.45, 7) is 12.7. The van der Waals surface area contributed by atoms with Crippen LogP contribution in [0.15, 0.2) is 30.3 Å². The van der Waals surface area contributed by atoms with Crippen molar-refractivity contribution < 1.29 is 9.59 Å². The average Bonchev–Trinajstić information content (AvgIpc) is 3.04. The van der Waals surface area contributed by atoms with Gasteiger partial charge in [-0.2, -0.15) is 5.10 Å². The molecule has 3 rings (SSSR count). The molecule has 0 aliphatic rings. The first kappa shape index (κ1) is 22.5. The molecular weight excluding hydrogens is 390 g/mol. The van der Waals surface area contributed by atoms with Gasteiger partial charge < -0.3 is 11.1 Å². The normalized spacial score (nSPS) is 11.8. The largest absolute Gasteiger partial charge is 0.366 e. The molecule has 0 radical (unpaired) electrons. The van der Waals surface area contributed by atoms with Crippen molar-refractivity contribution in [3.8, 4) is 0 Å². The molecule has 3 N–H and O–H groups in total. The Morgan fingerprint density at radius 1 is 1.19 bits per heavy atom. The van der Waals surface area contributed by atoms with Crippen molar-refractivity contribution >= 4 is 22.8 Å². The van der Waals surface area contributed by atoms with Gasteiger partial charge in [-0.1, -0.05) is 26.0 Å². The van der Waals surface area contributed by atoms with Crippen LogP contribution < -0.4 is 11.1 Å². The lowest BCUT2D eigenvalue weighted by molar-refractivity contribution is 0.0953. The Morgan fingerprint density at radius 3 is 2.52 bits per heavy atom. The Morgan fingerprint density at radius 2 is 1.90 bits per heavy atom. The third-order valence-electron chi connectivity index (χ3n) is 5.21. The van der Waals surface area contributed by atoms with E-state index in [1.807, 2.05) is 23.7 Å². The van der Waals surface area contributed by atoms with Gasteiger partial charge in [0, 0.05) is 17.8 Å². The highest BCUT2D eigenvalue weighted by molar-refractivity contribution is 6.06. The fourth-order valence-electron chi connectivity index (χ4n) is 3.55. The van der Waals surface area contributed by atoms with E-state index in [1.165, 1.54) is 0 Å². The van der Waals surface area contributed by atoms with Gasteiger partial charge in [-0.3, -0.25) is 9.59 Å². The number of carbonyl (C=O) groups excluding carboxylic acids is 2. The van der Waals surface area contributed by atoms with Crippen LogP contribution >= 0.6 is 0 Å². The number of aryl methyl sites for hydroxylation is 1. The number of rotatable bonds is 6. The minimum atomic E-state index is -0.461. The molecule has 2 heterocycles. The zero-order valence-corrected chi connectivity index (χ0v) is 19.1. The minimum Gasteiger partial charge on any atom is -0.366 e. The Bertz CT molecular complexity index is 1140. The molecule has 0 aliphatic heterocycles.